The molecule has 0 aliphatic carbocycles. The molecule has 1 aliphatic heterocycles. The third-order valence-corrected chi connectivity index (χ3v) is 4.62. The second-order valence-corrected chi connectivity index (χ2v) is 6.05. The summed E-state index contributed by atoms with van der Waals surface area (Å²) in [6.45, 7) is 3.09. The molecule has 0 bridgehead atoms. The Balaban J connectivity index is 1.89. The third kappa shape index (κ3) is 3.90. The van der Waals surface area contributed by atoms with Crippen LogP contribution >= 0.6 is 11.8 Å². The van der Waals surface area contributed by atoms with Gasteiger partial charge in [-0.2, -0.15) is 0 Å². The molecule has 1 heterocycles. The lowest BCUT2D eigenvalue weighted by atomic mass is 10.0. The van der Waals surface area contributed by atoms with E-state index >= 15 is 0 Å². The SMILES string of the molecule is CCC1CCCCN1C(=O)CSc1cccc(N)c1. The summed E-state index contributed by atoms with van der Waals surface area (Å²) < 4.78 is 0. The molecule has 1 atom stereocenters. The number of benzene rings is 1. The van der Waals surface area contributed by atoms with Gasteiger partial charge < -0.3 is 10.6 Å². The monoisotopic (exact) mass is 278 g/mol. The summed E-state index contributed by atoms with van der Waals surface area (Å²) in [7, 11) is 0. The van der Waals surface area contributed by atoms with Crippen molar-refractivity contribution in [3.05, 3.63) is 24.3 Å². The number of thioether (sulfide) groups is 1. The number of nitrogen functional groups attached to an aromatic ring is 1. The number of carbonyl (C=O) groups is 1. The van der Waals surface area contributed by atoms with Crippen molar-refractivity contribution < 1.29 is 4.79 Å². The Labute approximate surface area is 119 Å². The highest BCUT2D eigenvalue weighted by atomic mass is 32.2. The number of carbonyl (C=O) groups excluding carboxylic acids is 1. The molecule has 104 valence electrons. The molecular weight excluding hydrogens is 256 g/mol. The van der Waals surface area contributed by atoms with E-state index in [1.807, 2.05) is 24.3 Å². The van der Waals surface area contributed by atoms with Crippen LogP contribution in [0.25, 0.3) is 0 Å². The van der Waals surface area contributed by atoms with E-state index in [0.29, 0.717) is 11.8 Å². The molecule has 1 aromatic carbocycles. The number of rotatable bonds is 4. The topological polar surface area (TPSA) is 46.3 Å². The Hall–Kier alpha value is -1.16. The summed E-state index contributed by atoms with van der Waals surface area (Å²) in [6.07, 6.45) is 4.62. The zero-order valence-electron chi connectivity index (χ0n) is 11.5. The second kappa shape index (κ2) is 6.85. The standard InChI is InChI=1S/C15H22N2OS/c1-2-13-7-3-4-9-17(13)15(18)11-19-14-8-5-6-12(16)10-14/h5-6,8,10,13H,2-4,7,9,11,16H2,1H3. The summed E-state index contributed by atoms with van der Waals surface area (Å²) in [5.41, 5.74) is 6.49. The predicted octanol–water partition coefficient (Wildman–Crippen LogP) is 3.15. The van der Waals surface area contributed by atoms with Gasteiger partial charge in [0.25, 0.3) is 0 Å². The summed E-state index contributed by atoms with van der Waals surface area (Å²) in [5.74, 6) is 0.777. The van der Waals surface area contributed by atoms with Gasteiger partial charge in [-0.1, -0.05) is 13.0 Å². The van der Waals surface area contributed by atoms with Gasteiger partial charge in [-0.25, -0.2) is 0 Å². The lowest BCUT2D eigenvalue weighted by molar-refractivity contribution is -0.132. The second-order valence-electron chi connectivity index (χ2n) is 5.01. The number of nitrogens with two attached hydrogens (primary N) is 1. The number of hydrogen-bond donors (Lipinski definition) is 1. The van der Waals surface area contributed by atoms with Crippen LogP contribution in [0.2, 0.25) is 0 Å². The average molecular weight is 278 g/mol. The van der Waals surface area contributed by atoms with Crippen LogP contribution in [-0.2, 0) is 4.79 Å². The minimum atomic E-state index is 0.263. The van der Waals surface area contributed by atoms with E-state index in [0.717, 1.165) is 36.4 Å². The van der Waals surface area contributed by atoms with E-state index in [4.69, 9.17) is 5.73 Å². The van der Waals surface area contributed by atoms with Crippen molar-refractivity contribution in [1.82, 2.24) is 4.90 Å². The first-order chi connectivity index (χ1) is 9.20. The number of anilines is 1. The minimum absolute atomic E-state index is 0.263. The lowest BCUT2D eigenvalue weighted by Gasteiger charge is -2.35. The van der Waals surface area contributed by atoms with Crippen LogP contribution in [-0.4, -0.2) is 29.1 Å². The molecule has 3 nitrogen and oxygen atoms in total. The van der Waals surface area contributed by atoms with Gasteiger partial charge >= 0.3 is 0 Å². The van der Waals surface area contributed by atoms with E-state index in [-0.39, 0.29) is 5.91 Å². The van der Waals surface area contributed by atoms with E-state index in [9.17, 15) is 4.79 Å². The van der Waals surface area contributed by atoms with Crippen molar-refractivity contribution in [2.75, 3.05) is 18.0 Å². The molecule has 1 aliphatic rings. The predicted molar refractivity (Wildman–Crippen MR) is 81.2 cm³/mol. The molecule has 0 radical (unpaired) electrons. The number of piperidine rings is 1. The van der Waals surface area contributed by atoms with Crippen molar-refractivity contribution in [3.8, 4) is 0 Å². The van der Waals surface area contributed by atoms with E-state index in [1.54, 1.807) is 11.8 Å². The van der Waals surface area contributed by atoms with Gasteiger partial charge in [0.2, 0.25) is 5.91 Å². The van der Waals surface area contributed by atoms with Crippen molar-refractivity contribution in [1.29, 1.82) is 0 Å². The van der Waals surface area contributed by atoms with Crippen LogP contribution in [0.5, 0.6) is 0 Å². The summed E-state index contributed by atoms with van der Waals surface area (Å²) in [5, 5.41) is 0. The summed E-state index contributed by atoms with van der Waals surface area (Å²) in [4.78, 5) is 15.4. The van der Waals surface area contributed by atoms with E-state index in [2.05, 4.69) is 11.8 Å². The molecule has 1 unspecified atom stereocenters. The number of likely N-dealkylation sites (tertiary alicyclic amines) is 1. The van der Waals surface area contributed by atoms with Crippen LogP contribution in [0.3, 0.4) is 0 Å². The van der Waals surface area contributed by atoms with Crippen LogP contribution in [0.15, 0.2) is 29.2 Å². The zero-order chi connectivity index (χ0) is 13.7. The molecule has 0 aromatic heterocycles. The summed E-state index contributed by atoms with van der Waals surface area (Å²) in [6, 6.07) is 8.16. The highest BCUT2D eigenvalue weighted by Crippen LogP contribution is 2.24. The fourth-order valence-electron chi connectivity index (χ4n) is 2.59. The van der Waals surface area contributed by atoms with E-state index < -0.39 is 0 Å². The van der Waals surface area contributed by atoms with Crippen LogP contribution < -0.4 is 5.73 Å². The third-order valence-electron chi connectivity index (χ3n) is 3.64. The Morgan fingerprint density at radius 2 is 2.32 bits per heavy atom. The molecule has 0 saturated carbocycles. The highest BCUT2D eigenvalue weighted by molar-refractivity contribution is 8.00. The van der Waals surface area contributed by atoms with Gasteiger partial charge in [0.1, 0.15) is 0 Å². The fourth-order valence-corrected chi connectivity index (χ4v) is 3.44. The largest absolute Gasteiger partial charge is 0.399 e. The minimum Gasteiger partial charge on any atom is -0.399 e. The average Bonchev–Trinajstić information content (AvgIpc) is 2.45. The van der Waals surface area contributed by atoms with Gasteiger partial charge in [-0.05, 0) is 43.9 Å². The van der Waals surface area contributed by atoms with E-state index in [1.165, 1.54) is 6.42 Å². The molecular formula is C15H22N2OS. The molecule has 2 N–H and O–H groups in total. The Bertz CT molecular complexity index is 436. The quantitative estimate of drug-likeness (QED) is 0.680. The maximum absolute atomic E-state index is 12.3. The highest BCUT2D eigenvalue weighted by Gasteiger charge is 2.24. The van der Waals surface area contributed by atoms with Crippen molar-refractivity contribution in [3.63, 3.8) is 0 Å². The Morgan fingerprint density at radius 3 is 3.05 bits per heavy atom. The molecule has 1 amide bonds. The first-order valence-electron chi connectivity index (χ1n) is 6.98. The van der Waals surface area contributed by atoms with Crippen LogP contribution in [0.4, 0.5) is 5.69 Å². The van der Waals surface area contributed by atoms with Crippen LogP contribution in [0.1, 0.15) is 32.6 Å². The molecule has 2 rings (SSSR count). The number of nitrogens with zero attached hydrogens (tertiary/aromatic N) is 1. The van der Waals surface area contributed by atoms with Gasteiger partial charge in [0, 0.05) is 23.2 Å². The maximum atomic E-state index is 12.3. The molecule has 1 fully saturated rings. The van der Waals surface area contributed by atoms with Gasteiger partial charge in [-0.15, -0.1) is 11.8 Å². The zero-order valence-corrected chi connectivity index (χ0v) is 12.3. The molecule has 1 aromatic rings. The van der Waals surface area contributed by atoms with Gasteiger partial charge in [-0.3, -0.25) is 4.79 Å². The maximum Gasteiger partial charge on any atom is 0.233 e. The molecule has 19 heavy (non-hydrogen) atoms. The smallest absolute Gasteiger partial charge is 0.233 e. The molecule has 0 spiro atoms. The Kier molecular flexibility index (Phi) is 5.14. The number of hydrogen-bond acceptors (Lipinski definition) is 3. The fraction of sp³-hybridized carbons (Fsp3) is 0.533. The first kappa shape index (κ1) is 14.3. The lowest BCUT2D eigenvalue weighted by Crippen LogP contribution is -2.44. The van der Waals surface area contributed by atoms with Crippen molar-refractivity contribution in [2.24, 2.45) is 0 Å². The van der Waals surface area contributed by atoms with Gasteiger partial charge in [0.05, 0.1) is 5.75 Å². The van der Waals surface area contributed by atoms with Gasteiger partial charge in [0.15, 0.2) is 0 Å². The molecule has 4 heteroatoms. The molecule has 1 saturated heterocycles. The number of amides is 1. The van der Waals surface area contributed by atoms with Crippen molar-refractivity contribution >= 4 is 23.4 Å². The Morgan fingerprint density at radius 1 is 1.47 bits per heavy atom. The summed E-state index contributed by atoms with van der Waals surface area (Å²) >= 11 is 1.58. The normalized spacial score (nSPS) is 19.4. The first-order valence-corrected chi connectivity index (χ1v) is 7.97. The van der Waals surface area contributed by atoms with Crippen molar-refractivity contribution in [2.45, 2.75) is 43.5 Å². The van der Waals surface area contributed by atoms with Crippen LogP contribution in [0, 0.1) is 0 Å².